The highest BCUT2D eigenvalue weighted by atomic mass is 16.4. The first kappa shape index (κ1) is 18.8. The van der Waals surface area contributed by atoms with Crippen LogP contribution in [0, 0.1) is 0 Å². The Balaban J connectivity index is -0.000000720. The molecule has 0 aliphatic heterocycles. The van der Waals surface area contributed by atoms with Gasteiger partial charge in [0.05, 0.1) is 11.9 Å². The van der Waals surface area contributed by atoms with Crippen molar-refractivity contribution in [1.82, 2.24) is 17.6 Å². The standard InChI is InChI=1S/C7H9NO5.2H3N/c1-3(2)5(9)8-4(6(10)11)7(12)13;;/h4H,1H2,2H3,(H,8,9)(H,10,11)(H,12,13);2*1H3. The summed E-state index contributed by atoms with van der Waals surface area (Å²) in [5.41, 5.74) is -0.00694. The zero-order valence-corrected chi connectivity index (χ0v) is 8.83. The highest BCUT2D eigenvalue weighted by molar-refractivity contribution is 6.02. The molecular weight excluding hydrogens is 206 g/mol. The highest BCUT2D eigenvalue weighted by Crippen LogP contribution is 1.88. The molecule has 15 heavy (non-hydrogen) atoms. The van der Waals surface area contributed by atoms with E-state index in [9.17, 15) is 24.6 Å². The number of carbonyl (C=O) groups is 3. The van der Waals surface area contributed by atoms with Gasteiger partial charge in [0.2, 0.25) is 5.91 Å². The van der Waals surface area contributed by atoms with E-state index >= 15 is 0 Å². The number of hydrogen-bond acceptors (Lipinski definition) is 5. The summed E-state index contributed by atoms with van der Waals surface area (Å²) >= 11 is 0. The molecule has 0 radical (unpaired) electrons. The summed E-state index contributed by atoms with van der Waals surface area (Å²) in [6.45, 7) is 4.49. The highest BCUT2D eigenvalue weighted by Gasteiger charge is 2.14. The van der Waals surface area contributed by atoms with E-state index in [1.807, 2.05) is 0 Å². The second-order valence-electron chi connectivity index (χ2n) is 2.32. The molecule has 0 spiro atoms. The van der Waals surface area contributed by atoms with Gasteiger partial charge in [-0.15, -0.1) is 0 Å². The maximum Gasteiger partial charge on any atom is 0.247 e. The molecule has 88 valence electrons. The smallest absolute Gasteiger partial charge is 0.247 e. The Morgan fingerprint density at radius 3 is 1.67 bits per heavy atom. The van der Waals surface area contributed by atoms with Gasteiger partial charge >= 0.3 is 0 Å². The predicted octanol–water partition coefficient (Wildman–Crippen LogP) is -2.70. The maximum absolute atomic E-state index is 10.8. The lowest BCUT2D eigenvalue weighted by Crippen LogP contribution is -2.57. The third-order valence-corrected chi connectivity index (χ3v) is 1.13. The van der Waals surface area contributed by atoms with E-state index in [0.717, 1.165) is 0 Å². The van der Waals surface area contributed by atoms with E-state index in [1.165, 1.54) is 6.92 Å². The third kappa shape index (κ3) is 6.18. The van der Waals surface area contributed by atoms with Crippen molar-refractivity contribution in [1.29, 1.82) is 0 Å². The van der Waals surface area contributed by atoms with E-state index in [2.05, 4.69) is 6.58 Å². The van der Waals surface area contributed by atoms with Crippen LogP contribution in [0.4, 0.5) is 0 Å². The molecule has 0 heterocycles. The first-order valence-electron chi connectivity index (χ1n) is 3.24. The fraction of sp³-hybridized carbons (Fsp3) is 0.286. The number of rotatable bonds is 4. The molecule has 0 unspecified atom stereocenters. The number of nitrogens with one attached hydrogen (secondary N) is 1. The van der Waals surface area contributed by atoms with Crippen LogP contribution in [0.3, 0.4) is 0 Å². The van der Waals surface area contributed by atoms with E-state index in [4.69, 9.17) is 0 Å². The van der Waals surface area contributed by atoms with E-state index < -0.39 is 23.9 Å². The van der Waals surface area contributed by atoms with Crippen molar-refractivity contribution >= 4 is 17.8 Å². The summed E-state index contributed by atoms with van der Waals surface area (Å²) in [5, 5.41) is 21.9. The van der Waals surface area contributed by atoms with Gasteiger partial charge in [-0.2, -0.15) is 0 Å². The topological polar surface area (TPSA) is 182 Å². The van der Waals surface area contributed by atoms with E-state index in [-0.39, 0.29) is 17.9 Å². The van der Waals surface area contributed by atoms with Crippen molar-refractivity contribution in [3.05, 3.63) is 12.2 Å². The minimum absolute atomic E-state index is 0. The number of aliphatic carboxylic acids is 2. The van der Waals surface area contributed by atoms with Crippen LogP contribution in [0.25, 0.3) is 0 Å². The summed E-state index contributed by atoms with van der Waals surface area (Å²) in [5.74, 6) is -4.75. The zero-order chi connectivity index (χ0) is 10.6. The van der Waals surface area contributed by atoms with Crippen LogP contribution >= 0.6 is 0 Å². The van der Waals surface area contributed by atoms with Gasteiger partial charge in [0, 0.05) is 5.57 Å². The fourth-order valence-electron chi connectivity index (χ4n) is 0.468. The van der Waals surface area contributed by atoms with Crippen LogP contribution in [-0.2, 0) is 14.4 Å². The summed E-state index contributed by atoms with van der Waals surface area (Å²) in [6, 6.07) is -2.15. The van der Waals surface area contributed by atoms with Gasteiger partial charge in [-0.1, -0.05) is 6.58 Å². The number of carboxylic acid groups (broad SMARTS) is 2. The summed E-state index contributed by atoms with van der Waals surface area (Å²) in [6.07, 6.45) is 0. The molecule has 0 aromatic carbocycles. The molecule has 1 amide bonds. The van der Waals surface area contributed by atoms with Gasteiger partial charge in [-0.3, -0.25) is 4.79 Å². The Hall–Kier alpha value is -1.93. The predicted molar refractivity (Wildman–Crippen MR) is 48.7 cm³/mol. The fourth-order valence-corrected chi connectivity index (χ4v) is 0.468. The Bertz CT molecular complexity index is 262. The zero-order valence-electron chi connectivity index (χ0n) is 8.83. The molecular formula is C7H15N3O5. The minimum Gasteiger partial charge on any atom is -0.547 e. The van der Waals surface area contributed by atoms with E-state index in [1.54, 1.807) is 5.32 Å². The van der Waals surface area contributed by atoms with Gasteiger partial charge < -0.3 is 37.4 Å². The quantitative estimate of drug-likeness (QED) is 0.344. The molecule has 0 atom stereocenters. The van der Waals surface area contributed by atoms with Crippen LogP contribution in [0.1, 0.15) is 6.92 Å². The second-order valence-corrected chi connectivity index (χ2v) is 2.32. The molecule has 0 aliphatic rings. The number of carboxylic acids is 2. The second kappa shape index (κ2) is 7.47. The van der Waals surface area contributed by atoms with Crippen molar-refractivity contribution in [3.8, 4) is 0 Å². The molecule has 8 nitrogen and oxygen atoms in total. The maximum atomic E-state index is 10.8. The van der Waals surface area contributed by atoms with Crippen LogP contribution < -0.4 is 27.8 Å². The summed E-state index contributed by atoms with van der Waals surface area (Å²) < 4.78 is 0. The Kier molecular flexibility index (Phi) is 9.35. The molecule has 0 saturated heterocycles. The Morgan fingerprint density at radius 1 is 1.13 bits per heavy atom. The molecule has 0 aromatic rings. The number of amides is 1. The SMILES string of the molecule is C=C(C)C(=O)NC(C(=O)[O-])C(=O)[O-].[NH4+].[NH4+]. The molecule has 0 bridgehead atoms. The van der Waals surface area contributed by atoms with Crippen LogP contribution in [0.15, 0.2) is 12.2 Å². The van der Waals surface area contributed by atoms with Gasteiger partial charge in [-0.25, -0.2) is 0 Å². The van der Waals surface area contributed by atoms with Crippen LogP contribution in [0.5, 0.6) is 0 Å². The monoisotopic (exact) mass is 221 g/mol. The summed E-state index contributed by atoms with van der Waals surface area (Å²) in [7, 11) is 0. The molecule has 0 saturated carbocycles. The normalized spacial score (nSPS) is 8.13. The van der Waals surface area contributed by atoms with E-state index in [0.29, 0.717) is 0 Å². The molecule has 9 N–H and O–H groups in total. The van der Waals surface area contributed by atoms with Crippen molar-refractivity contribution < 1.29 is 24.6 Å². The average molecular weight is 221 g/mol. The minimum atomic E-state index is -2.15. The lowest BCUT2D eigenvalue weighted by molar-refractivity contribution is -0.326. The van der Waals surface area contributed by atoms with Crippen molar-refractivity contribution in [2.75, 3.05) is 0 Å². The molecule has 0 aliphatic carbocycles. The molecule has 0 rings (SSSR count). The average Bonchev–Trinajstić information content (AvgIpc) is 1.97. The number of hydrogen-bond donors (Lipinski definition) is 3. The first-order valence-corrected chi connectivity index (χ1v) is 3.24. The van der Waals surface area contributed by atoms with Gasteiger partial charge in [0.25, 0.3) is 0 Å². The van der Waals surface area contributed by atoms with Crippen LogP contribution in [-0.4, -0.2) is 23.9 Å². The van der Waals surface area contributed by atoms with Gasteiger partial charge in [0.15, 0.2) is 0 Å². The lowest BCUT2D eigenvalue weighted by atomic mass is 10.2. The van der Waals surface area contributed by atoms with Crippen molar-refractivity contribution in [2.24, 2.45) is 0 Å². The first-order chi connectivity index (χ1) is 5.86. The third-order valence-electron chi connectivity index (χ3n) is 1.13. The number of carbonyl (C=O) groups excluding carboxylic acids is 3. The molecule has 0 aromatic heterocycles. The Labute approximate surface area is 86.1 Å². The largest absolute Gasteiger partial charge is 0.547 e. The van der Waals surface area contributed by atoms with Crippen molar-refractivity contribution in [3.63, 3.8) is 0 Å². The lowest BCUT2D eigenvalue weighted by Gasteiger charge is -2.20. The summed E-state index contributed by atoms with van der Waals surface area (Å²) in [4.78, 5) is 31.0. The van der Waals surface area contributed by atoms with Gasteiger partial charge in [0.1, 0.15) is 6.04 Å². The van der Waals surface area contributed by atoms with Crippen LogP contribution in [0.2, 0.25) is 0 Å². The van der Waals surface area contributed by atoms with Gasteiger partial charge in [-0.05, 0) is 6.92 Å². The Morgan fingerprint density at radius 2 is 1.47 bits per heavy atom. The molecule has 8 heteroatoms. The molecule has 0 fully saturated rings. The number of quaternary nitrogens is 2. The van der Waals surface area contributed by atoms with Crippen molar-refractivity contribution in [2.45, 2.75) is 13.0 Å².